The Morgan fingerprint density at radius 3 is 2.47 bits per heavy atom. The molecule has 0 N–H and O–H groups in total. The number of rotatable bonds is 4. The van der Waals surface area contributed by atoms with Crippen molar-refractivity contribution >= 4 is 35.7 Å². The van der Waals surface area contributed by atoms with E-state index in [0.29, 0.717) is 22.7 Å². The first-order chi connectivity index (χ1) is 7.71. The number of hydrogen-bond acceptors (Lipinski definition) is 3. The lowest BCUT2D eigenvalue weighted by Gasteiger charge is -2.14. The minimum Gasteiger partial charge on any atom is -0.492 e. The Balaban J connectivity index is 3.26. The van der Waals surface area contributed by atoms with Crippen LogP contribution in [0.5, 0.6) is 5.75 Å². The summed E-state index contributed by atoms with van der Waals surface area (Å²) in [5.41, 5.74) is 0.735. The Morgan fingerprint density at radius 1 is 1.41 bits per heavy atom. The number of halogens is 2. The Kier molecular flexibility index (Phi) is 4.86. The molecule has 3 nitrogen and oxygen atoms in total. The van der Waals surface area contributed by atoms with Crippen LogP contribution in [0, 0.1) is 12.8 Å². The van der Waals surface area contributed by atoms with Gasteiger partial charge in [-0.2, -0.15) is 0 Å². The summed E-state index contributed by atoms with van der Waals surface area (Å²) in [5, 5.41) is 0. The topological polar surface area (TPSA) is 43.4 Å². The average molecular weight is 342 g/mol. The molecule has 0 aliphatic carbocycles. The van der Waals surface area contributed by atoms with Crippen LogP contribution in [0.3, 0.4) is 0 Å². The van der Waals surface area contributed by atoms with Crippen LogP contribution >= 0.6 is 26.6 Å². The molecule has 0 unspecified atom stereocenters. The Hall–Kier alpha value is -0.260. The van der Waals surface area contributed by atoms with Gasteiger partial charge in [0, 0.05) is 15.2 Å². The maximum atomic E-state index is 11.5. The number of aryl methyl sites for hydroxylation is 1. The van der Waals surface area contributed by atoms with Crippen LogP contribution < -0.4 is 4.74 Å². The van der Waals surface area contributed by atoms with Gasteiger partial charge in [0.2, 0.25) is 0 Å². The quantitative estimate of drug-likeness (QED) is 0.784. The first-order valence-corrected chi connectivity index (χ1v) is 8.19. The van der Waals surface area contributed by atoms with Crippen molar-refractivity contribution < 1.29 is 13.2 Å². The predicted molar refractivity (Wildman–Crippen MR) is 72.3 cm³/mol. The molecule has 0 aliphatic rings. The summed E-state index contributed by atoms with van der Waals surface area (Å²) in [5.74, 6) is 0.640. The van der Waals surface area contributed by atoms with Crippen LogP contribution in [-0.4, -0.2) is 15.0 Å². The molecule has 0 saturated heterocycles. The summed E-state index contributed by atoms with van der Waals surface area (Å²) in [4.78, 5) is 0.00620. The Bertz CT molecular complexity index is 512. The molecule has 0 fully saturated rings. The van der Waals surface area contributed by atoms with Crippen molar-refractivity contribution in [1.82, 2.24) is 0 Å². The molecule has 0 atom stereocenters. The maximum absolute atomic E-state index is 11.5. The highest BCUT2D eigenvalue weighted by Crippen LogP contribution is 2.33. The number of ether oxygens (including phenoxy) is 1. The molecule has 0 aromatic heterocycles. The molecular weight excluding hydrogens is 328 g/mol. The second-order valence-corrected chi connectivity index (χ2v) is 7.64. The highest BCUT2D eigenvalue weighted by molar-refractivity contribution is 9.10. The van der Waals surface area contributed by atoms with E-state index in [-0.39, 0.29) is 4.90 Å². The highest BCUT2D eigenvalue weighted by Gasteiger charge is 2.20. The van der Waals surface area contributed by atoms with Gasteiger partial charge < -0.3 is 4.74 Å². The fourth-order valence-corrected chi connectivity index (χ4v) is 3.09. The molecular formula is C11H14BrClO3S. The molecule has 0 spiro atoms. The van der Waals surface area contributed by atoms with E-state index in [2.05, 4.69) is 15.9 Å². The van der Waals surface area contributed by atoms with Crippen LogP contribution in [0.15, 0.2) is 21.5 Å². The van der Waals surface area contributed by atoms with Crippen LogP contribution in [-0.2, 0) is 9.05 Å². The standard InChI is InChI=1S/C11H14BrClO3S/c1-7(2)6-16-11-8(3)4-9(12)5-10(11)17(13,14)15/h4-5,7H,6H2,1-3H3. The largest absolute Gasteiger partial charge is 0.492 e. The summed E-state index contributed by atoms with van der Waals surface area (Å²) in [6, 6.07) is 3.24. The fraction of sp³-hybridized carbons (Fsp3) is 0.455. The zero-order valence-corrected chi connectivity index (χ0v) is 13.0. The van der Waals surface area contributed by atoms with Gasteiger partial charge in [-0.25, -0.2) is 8.42 Å². The van der Waals surface area contributed by atoms with E-state index in [1.165, 1.54) is 6.07 Å². The molecule has 0 heterocycles. The van der Waals surface area contributed by atoms with Crippen molar-refractivity contribution in [3.63, 3.8) is 0 Å². The lowest BCUT2D eigenvalue weighted by Crippen LogP contribution is -2.08. The van der Waals surface area contributed by atoms with Crippen LogP contribution in [0.4, 0.5) is 0 Å². The van der Waals surface area contributed by atoms with Gasteiger partial charge in [-0.15, -0.1) is 0 Å². The van der Waals surface area contributed by atoms with Gasteiger partial charge in [0.25, 0.3) is 9.05 Å². The third-order valence-electron chi connectivity index (χ3n) is 2.03. The molecule has 1 aromatic rings. The van der Waals surface area contributed by atoms with Crippen molar-refractivity contribution in [3.05, 3.63) is 22.2 Å². The second-order valence-electron chi connectivity index (χ2n) is 4.19. The van der Waals surface area contributed by atoms with Crippen molar-refractivity contribution in [1.29, 1.82) is 0 Å². The molecule has 0 bridgehead atoms. The Morgan fingerprint density at radius 2 is 2.00 bits per heavy atom. The lowest BCUT2D eigenvalue weighted by molar-refractivity contribution is 0.263. The first kappa shape index (κ1) is 14.8. The minimum atomic E-state index is -3.81. The molecule has 1 rings (SSSR count). The van der Waals surface area contributed by atoms with Crippen molar-refractivity contribution in [3.8, 4) is 5.75 Å². The summed E-state index contributed by atoms with van der Waals surface area (Å²) in [6.07, 6.45) is 0. The maximum Gasteiger partial charge on any atom is 0.265 e. The molecule has 96 valence electrons. The highest BCUT2D eigenvalue weighted by atomic mass is 79.9. The Labute approximate surface area is 115 Å². The van der Waals surface area contributed by atoms with Crippen molar-refractivity contribution in [2.24, 2.45) is 5.92 Å². The van der Waals surface area contributed by atoms with Gasteiger partial charge in [-0.3, -0.25) is 0 Å². The summed E-state index contributed by atoms with van der Waals surface area (Å²) < 4.78 is 29.1. The third-order valence-corrected chi connectivity index (χ3v) is 3.81. The summed E-state index contributed by atoms with van der Waals surface area (Å²) in [7, 11) is 1.59. The SMILES string of the molecule is Cc1cc(Br)cc(S(=O)(=O)Cl)c1OCC(C)C. The van der Waals surface area contributed by atoms with Crippen LogP contribution in [0.25, 0.3) is 0 Å². The predicted octanol–water partition coefficient (Wildman–Crippen LogP) is 3.72. The van der Waals surface area contributed by atoms with Gasteiger partial charge in [0.15, 0.2) is 0 Å². The van der Waals surface area contributed by atoms with E-state index in [4.69, 9.17) is 15.4 Å². The van der Waals surface area contributed by atoms with Gasteiger partial charge in [0.1, 0.15) is 10.6 Å². The van der Waals surface area contributed by atoms with Crippen LogP contribution in [0.1, 0.15) is 19.4 Å². The minimum absolute atomic E-state index is 0.00620. The van der Waals surface area contributed by atoms with Crippen molar-refractivity contribution in [2.45, 2.75) is 25.7 Å². The fourth-order valence-electron chi connectivity index (χ4n) is 1.32. The second kappa shape index (κ2) is 5.59. The van der Waals surface area contributed by atoms with E-state index in [0.717, 1.165) is 5.56 Å². The van der Waals surface area contributed by atoms with E-state index in [1.807, 2.05) is 13.8 Å². The molecule has 0 radical (unpaired) electrons. The number of hydrogen-bond donors (Lipinski definition) is 0. The molecule has 0 aliphatic heterocycles. The summed E-state index contributed by atoms with van der Waals surface area (Å²) in [6.45, 7) is 6.21. The van der Waals surface area contributed by atoms with Crippen molar-refractivity contribution in [2.75, 3.05) is 6.61 Å². The van der Waals surface area contributed by atoms with E-state index < -0.39 is 9.05 Å². The molecule has 1 aromatic carbocycles. The van der Waals surface area contributed by atoms with E-state index >= 15 is 0 Å². The third kappa shape index (κ3) is 4.16. The first-order valence-electron chi connectivity index (χ1n) is 5.09. The average Bonchev–Trinajstić information content (AvgIpc) is 2.13. The van der Waals surface area contributed by atoms with Crippen LogP contribution in [0.2, 0.25) is 0 Å². The van der Waals surface area contributed by atoms with Gasteiger partial charge in [-0.1, -0.05) is 29.8 Å². The zero-order chi connectivity index (χ0) is 13.2. The molecule has 0 amide bonds. The smallest absolute Gasteiger partial charge is 0.265 e. The summed E-state index contributed by atoms with van der Waals surface area (Å²) >= 11 is 3.24. The molecule has 17 heavy (non-hydrogen) atoms. The van der Waals surface area contributed by atoms with E-state index in [9.17, 15) is 8.42 Å². The van der Waals surface area contributed by atoms with Gasteiger partial charge in [0.05, 0.1) is 6.61 Å². The zero-order valence-electron chi connectivity index (χ0n) is 9.83. The monoisotopic (exact) mass is 340 g/mol. The molecule has 6 heteroatoms. The normalized spacial score (nSPS) is 11.9. The van der Waals surface area contributed by atoms with Gasteiger partial charge >= 0.3 is 0 Å². The number of benzene rings is 1. The van der Waals surface area contributed by atoms with E-state index in [1.54, 1.807) is 13.0 Å². The van der Waals surface area contributed by atoms with Gasteiger partial charge in [-0.05, 0) is 30.5 Å². The molecule has 0 saturated carbocycles. The lowest BCUT2D eigenvalue weighted by atomic mass is 10.2.